The van der Waals surface area contributed by atoms with E-state index in [4.69, 9.17) is 28.0 Å². The number of aliphatic hydroxyl groups excluding tert-OH is 1. The second-order valence-electron chi connectivity index (χ2n) is 14.3. The number of primary amides is 1. The first-order valence-electron chi connectivity index (χ1n) is 18.6. The highest BCUT2D eigenvalue weighted by Crippen LogP contribution is 2.11. The van der Waals surface area contributed by atoms with Crippen molar-refractivity contribution in [3.63, 3.8) is 0 Å². The van der Waals surface area contributed by atoms with Gasteiger partial charge in [0.2, 0.25) is 47.3 Å². The van der Waals surface area contributed by atoms with Crippen molar-refractivity contribution in [3.05, 3.63) is 0 Å². The van der Waals surface area contributed by atoms with Crippen LogP contribution in [0.3, 0.4) is 0 Å². The average Bonchev–Trinajstić information content (AvgIpc) is 3.12. The maximum Gasteiger partial charge on any atom is 0.328 e. The van der Waals surface area contributed by atoms with Gasteiger partial charge in [-0.3, -0.25) is 43.3 Å². The molecule has 0 aromatic rings. The number of nitrogens with two attached hydrogens (primary N) is 4. The predicted molar refractivity (Wildman–Crippen MR) is 214 cm³/mol. The molecule has 0 aromatic heterocycles. The number of guanidine groups is 1. The Morgan fingerprint density at radius 3 is 1.52 bits per heavy atom. The van der Waals surface area contributed by atoms with E-state index < -0.39 is 109 Å². The van der Waals surface area contributed by atoms with Crippen LogP contribution < -0.4 is 60.2 Å². The summed E-state index contributed by atoms with van der Waals surface area (Å²) in [5, 5.41) is 35.4. The summed E-state index contributed by atoms with van der Waals surface area (Å²) in [5.41, 5.74) is 21.6. The van der Waals surface area contributed by atoms with Crippen LogP contribution in [0.4, 0.5) is 0 Å². The summed E-state index contributed by atoms with van der Waals surface area (Å²) in [4.78, 5) is 118. The van der Waals surface area contributed by atoms with Crippen molar-refractivity contribution in [2.75, 3.05) is 25.4 Å². The number of thiol groups is 1. The number of rotatable bonds is 28. The fraction of sp³-hybridized carbons (Fsp3) is 0.706. The molecule has 0 aromatic carbocycles. The zero-order valence-corrected chi connectivity index (χ0v) is 34.4. The van der Waals surface area contributed by atoms with Crippen molar-refractivity contribution >= 4 is 71.8 Å². The Morgan fingerprint density at radius 1 is 0.621 bits per heavy atom. The van der Waals surface area contributed by atoms with Gasteiger partial charge in [-0.05, 0) is 50.9 Å². The van der Waals surface area contributed by atoms with Crippen LogP contribution in [0.15, 0.2) is 4.99 Å². The number of carbonyl (C=O) groups is 9. The molecular formula is C34H62N12O11S. The minimum Gasteiger partial charge on any atom is -0.480 e. The number of nitrogens with one attached hydrogen (secondary N) is 7. The number of carbonyl (C=O) groups excluding carboxylic acids is 8. The quantitative estimate of drug-likeness (QED) is 0.0152. The molecular weight excluding hydrogens is 785 g/mol. The summed E-state index contributed by atoms with van der Waals surface area (Å²) in [6.07, 6.45) is -0.272. The van der Waals surface area contributed by atoms with Gasteiger partial charge in [0.25, 0.3) is 0 Å². The van der Waals surface area contributed by atoms with Crippen LogP contribution in [0, 0.1) is 11.8 Å². The molecule has 0 saturated heterocycles. The van der Waals surface area contributed by atoms with E-state index in [9.17, 15) is 48.3 Å². The fourth-order valence-corrected chi connectivity index (χ4v) is 5.30. The highest BCUT2D eigenvalue weighted by molar-refractivity contribution is 7.80. The number of aliphatic carboxylic acids is 1. The van der Waals surface area contributed by atoms with Gasteiger partial charge in [-0.2, -0.15) is 12.6 Å². The van der Waals surface area contributed by atoms with Gasteiger partial charge < -0.3 is 70.4 Å². The number of nitrogens with zero attached hydrogens (tertiary/aromatic N) is 1. The van der Waals surface area contributed by atoms with Crippen LogP contribution in [0.5, 0.6) is 0 Å². The smallest absolute Gasteiger partial charge is 0.328 e. The first-order valence-corrected chi connectivity index (χ1v) is 19.3. The topological polar surface area (TPSA) is 395 Å². The lowest BCUT2D eigenvalue weighted by molar-refractivity contribution is -0.143. The SMILES string of the molecule is CC(C)C[C@H](NC(=O)[C@H](CC(C)C)NC(=O)[C@H](CCCN=C(N)N)NC(=O)[C@H](CS)NC(=O)[C@H](C)N)C(=O)NCC(=O)N[C@@H](CCC(N)=O)C(=O)N[C@@H](CO)C(=O)O. The fourth-order valence-electron chi connectivity index (χ4n) is 5.04. The van der Waals surface area contributed by atoms with Gasteiger partial charge in [-0.1, -0.05) is 27.7 Å². The number of hydrogen-bond donors (Lipinski definition) is 14. The number of aliphatic hydroxyl groups is 1. The molecule has 0 saturated carbocycles. The third-order valence-electron chi connectivity index (χ3n) is 8.04. The molecule has 24 heteroatoms. The van der Waals surface area contributed by atoms with Gasteiger partial charge in [-0.25, -0.2) is 4.79 Å². The zero-order valence-electron chi connectivity index (χ0n) is 33.5. The van der Waals surface area contributed by atoms with Crippen molar-refractivity contribution in [1.29, 1.82) is 0 Å². The van der Waals surface area contributed by atoms with Crippen LogP contribution >= 0.6 is 12.6 Å². The Bertz CT molecular complexity index is 1460. The Kier molecular flexibility index (Phi) is 24.9. The van der Waals surface area contributed by atoms with Crippen molar-refractivity contribution in [1.82, 2.24) is 37.2 Å². The summed E-state index contributed by atoms with van der Waals surface area (Å²) in [6.45, 7) is 6.99. The molecule has 8 amide bonds. The molecule has 0 rings (SSSR count). The molecule has 7 atom stereocenters. The van der Waals surface area contributed by atoms with Gasteiger partial charge in [0, 0.05) is 18.7 Å². The monoisotopic (exact) mass is 846 g/mol. The molecule has 23 nitrogen and oxygen atoms in total. The third kappa shape index (κ3) is 21.9. The molecule has 330 valence electrons. The molecule has 0 bridgehead atoms. The highest BCUT2D eigenvalue weighted by Gasteiger charge is 2.33. The maximum atomic E-state index is 13.7. The average molecular weight is 847 g/mol. The Morgan fingerprint density at radius 2 is 1.07 bits per heavy atom. The van der Waals surface area contributed by atoms with E-state index in [2.05, 4.69) is 49.5 Å². The molecule has 0 fully saturated rings. The summed E-state index contributed by atoms with van der Waals surface area (Å²) in [5.74, 6) is -8.64. The molecule has 0 heterocycles. The van der Waals surface area contributed by atoms with Crippen LogP contribution in [-0.4, -0.2) is 137 Å². The van der Waals surface area contributed by atoms with E-state index in [-0.39, 0.29) is 68.6 Å². The third-order valence-corrected chi connectivity index (χ3v) is 8.40. The molecule has 0 unspecified atom stereocenters. The Labute approximate surface area is 342 Å². The van der Waals surface area contributed by atoms with Crippen LogP contribution in [-0.2, 0) is 43.2 Å². The van der Waals surface area contributed by atoms with Crippen molar-refractivity contribution in [2.24, 2.45) is 39.8 Å². The lowest BCUT2D eigenvalue weighted by Crippen LogP contribution is -2.59. The van der Waals surface area contributed by atoms with Gasteiger partial charge in [0.05, 0.1) is 19.2 Å². The molecule has 58 heavy (non-hydrogen) atoms. The molecule has 0 spiro atoms. The Hall–Kier alpha value is -5.23. The van der Waals surface area contributed by atoms with E-state index in [0.29, 0.717) is 0 Å². The van der Waals surface area contributed by atoms with E-state index in [1.807, 2.05) is 5.32 Å². The summed E-state index contributed by atoms with van der Waals surface area (Å²) >= 11 is 4.13. The van der Waals surface area contributed by atoms with Crippen molar-refractivity contribution < 1.29 is 53.4 Å². The van der Waals surface area contributed by atoms with Crippen LogP contribution in [0.2, 0.25) is 0 Å². The molecule has 0 radical (unpaired) electrons. The minimum absolute atomic E-state index is 0.0119. The summed E-state index contributed by atoms with van der Waals surface area (Å²) in [6, 6.07) is -8.92. The van der Waals surface area contributed by atoms with Gasteiger partial charge in [0.15, 0.2) is 5.96 Å². The first kappa shape index (κ1) is 52.8. The molecule has 0 aliphatic rings. The van der Waals surface area contributed by atoms with E-state index >= 15 is 0 Å². The number of carboxylic acid groups (broad SMARTS) is 1. The summed E-state index contributed by atoms with van der Waals surface area (Å²) < 4.78 is 0. The predicted octanol–water partition coefficient (Wildman–Crippen LogP) is -5.22. The van der Waals surface area contributed by atoms with Crippen LogP contribution in [0.25, 0.3) is 0 Å². The van der Waals surface area contributed by atoms with Gasteiger partial charge in [-0.15, -0.1) is 0 Å². The van der Waals surface area contributed by atoms with E-state index in [0.717, 1.165) is 0 Å². The number of aliphatic imine (C=N–C) groups is 1. The molecule has 0 aliphatic heterocycles. The number of hydrogen-bond acceptors (Lipinski definition) is 13. The second-order valence-corrected chi connectivity index (χ2v) is 14.7. The van der Waals surface area contributed by atoms with E-state index in [1.54, 1.807) is 27.7 Å². The number of amides is 8. The van der Waals surface area contributed by atoms with Gasteiger partial charge >= 0.3 is 5.97 Å². The second kappa shape index (κ2) is 27.4. The van der Waals surface area contributed by atoms with Crippen molar-refractivity contribution in [3.8, 4) is 0 Å². The largest absolute Gasteiger partial charge is 0.480 e. The summed E-state index contributed by atoms with van der Waals surface area (Å²) in [7, 11) is 0. The minimum atomic E-state index is -1.70. The van der Waals surface area contributed by atoms with E-state index in [1.165, 1.54) is 6.92 Å². The van der Waals surface area contributed by atoms with Crippen molar-refractivity contribution in [2.45, 2.75) is 115 Å². The van der Waals surface area contributed by atoms with Gasteiger partial charge in [0.1, 0.15) is 36.3 Å². The lowest BCUT2D eigenvalue weighted by atomic mass is 9.99. The number of carboxylic acids is 1. The highest BCUT2D eigenvalue weighted by atomic mass is 32.1. The maximum absolute atomic E-state index is 13.7. The first-order chi connectivity index (χ1) is 27.0. The molecule has 0 aliphatic carbocycles. The van der Waals surface area contributed by atoms with Crippen LogP contribution in [0.1, 0.15) is 73.1 Å². The normalized spacial score (nSPS) is 14.6. The zero-order chi connectivity index (χ0) is 44.7. The molecule has 17 N–H and O–H groups in total. The lowest BCUT2D eigenvalue weighted by Gasteiger charge is -2.27. The standard InChI is InChI=1S/C34H62N12O11S/c1-16(2)11-21(28(51)40-13-26(49)41-20(8-9-25(36)48)30(53)45-23(14-47)33(56)57)43-31(54)22(12-17(3)4)44-29(52)19(7-6-10-39-34(37)38)42-32(55)24(15-58)46-27(50)18(5)35/h16-24,47,58H,6-15,35H2,1-5H3,(H2,36,48)(H,40,51)(H,41,49)(H,42,55)(H,43,54)(H,44,52)(H,45,53)(H,46,50)(H,56,57)(H4,37,38,39)/t18-,19-,20-,21-,22-,23-,24-/m0/s1. The Balaban J connectivity index is 6.10.